The lowest BCUT2D eigenvalue weighted by atomic mass is 9.45. The van der Waals surface area contributed by atoms with E-state index in [-0.39, 0.29) is 23.1 Å². The van der Waals surface area contributed by atoms with Crippen molar-refractivity contribution in [1.29, 1.82) is 0 Å². The molecule has 5 aliphatic heterocycles. The highest BCUT2D eigenvalue weighted by atomic mass is 15.3. The van der Waals surface area contributed by atoms with Crippen LogP contribution in [0.15, 0.2) is 146 Å². The molecule has 0 N–H and O–H groups in total. The third-order valence-electron chi connectivity index (χ3n) is 13.3. The first kappa shape index (κ1) is 34.3. The van der Waals surface area contributed by atoms with Gasteiger partial charge in [-0.3, -0.25) is 0 Å². The summed E-state index contributed by atoms with van der Waals surface area (Å²) < 4.78 is 2.48. The Labute approximate surface area is 337 Å². The highest BCUT2D eigenvalue weighted by molar-refractivity contribution is 6.91. The minimum absolute atomic E-state index is 0.00321. The summed E-state index contributed by atoms with van der Waals surface area (Å²) in [6.45, 7) is 18.7. The van der Waals surface area contributed by atoms with Gasteiger partial charge in [-0.15, -0.1) is 0 Å². The number of anilines is 5. The molecule has 5 aliphatic rings. The molecular weight excluding hydrogens is 689 g/mol. The first-order chi connectivity index (χ1) is 27.3. The smallest absolute Gasteiger partial charge is 0.329 e. The molecule has 0 atom stereocenters. The minimum atomic E-state index is -0.252. The van der Waals surface area contributed by atoms with Crippen LogP contribution in [0.2, 0.25) is 0 Å². The molecule has 0 saturated heterocycles. The van der Waals surface area contributed by atoms with Gasteiger partial charge in [-0.2, -0.15) is 0 Å². The molecule has 8 aromatic rings. The van der Waals surface area contributed by atoms with Crippen molar-refractivity contribution in [3.05, 3.63) is 168 Å². The second-order valence-corrected chi connectivity index (χ2v) is 19.1. The normalized spacial score (nSPS) is 15.1. The van der Waals surface area contributed by atoms with Gasteiger partial charge in [0.1, 0.15) is 0 Å². The molecule has 0 aliphatic carbocycles. The zero-order valence-corrected chi connectivity index (χ0v) is 34.3. The van der Waals surface area contributed by atoms with Crippen molar-refractivity contribution in [1.82, 2.24) is 4.57 Å². The van der Waals surface area contributed by atoms with E-state index in [2.05, 4.69) is 215 Å². The van der Waals surface area contributed by atoms with Gasteiger partial charge in [-0.25, -0.2) is 0 Å². The van der Waals surface area contributed by atoms with E-state index in [4.69, 9.17) is 0 Å². The van der Waals surface area contributed by atoms with Gasteiger partial charge in [0.2, 0.25) is 0 Å². The summed E-state index contributed by atoms with van der Waals surface area (Å²) in [7, 11) is 0. The molecule has 0 saturated carbocycles. The highest BCUT2D eigenvalue weighted by Gasteiger charge is 2.45. The zero-order chi connectivity index (χ0) is 39.2. The van der Waals surface area contributed by atoms with E-state index in [1.165, 1.54) is 100 Å². The lowest BCUT2D eigenvalue weighted by Crippen LogP contribution is -2.58. The summed E-state index contributed by atoms with van der Waals surface area (Å²) >= 11 is 0. The number of hydrogen-bond acceptors (Lipinski definition) is 2. The number of benzene rings is 7. The van der Waals surface area contributed by atoms with E-state index in [0.717, 1.165) is 0 Å². The topological polar surface area (TPSA) is 11.4 Å². The van der Waals surface area contributed by atoms with Crippen molar-refractivity contribution in [2.45, 2.75) is 71.6 Å². The zero-order valence-electron chi connectivity index (χ0n) is 34.3. The van der Waals surface area contributed by atoms with Crippen LogP contribution >= 0.6 is 0 Å². The maximum atomic E-state index is 2.70. The first-order valence-electron chi connectivity index (χ1n) is 20.6. The van der Waals surface area contributed by atoms with Gasteiger partial charge in [0, 0.05) is 33.1 Å². The fourth-order valence-electron chi connectivity index (χ4n) is 9.94. The third-order valence-corrected chi connectivity index (χ3v) is 13.3. The standard InChI is InChI=1S/C53H48BN3/c1-51(2,3)34-20-26-44-42(28-34)43-29-36(52(4,5)6)31-49-50(43)57-46-27-21-35(30-48(46)56(49)38-14-10-9-11-15-38)53(7,8)33-18-23-39(24-19-33)55-45-17-13-12-16-40(45)41-25-22-37(54(44)57)32-47(41)55/h9-32H,1-8H3. The maximum Gasteiger partial charge on any atom is 0.329 e. The van der Waals surface area contributed by atoms with Crippen LogP contribution in [0.1, 0.15) is 77.6 Å². The van der Waals surface area contributed by atoms with Crippen molar-refractivity contribution < 1.29 is 0 Å². The number of hydrogen-bond donors (Lipinski definition) is 0. The van der Waals surface area contributed by atoms with Gasteiger partial charge in [0.25, 0.3) is 0 Å². The summed E-state index contributed by atoms with van der Waals surface area (Å²) in [6.07, 6.45) is 0. The fourth-order valence-corrected chi connectivity index (χ4v) is 9.94. The van der Waals surface area contributed by atoms with E-state index in [9.17, 15) is 0 Å². The van der Waals surface area contributed by atoms with Crippen molar-refractivity contribution in [3.63, 3.8) is 0 Å². The Hall–Kier alpha value is -6.00. The quantitative estimate of drug-likeness (QED) is 0.155. The van der Waals surface area contributed by atoms with Gasteiger partial charge in [-0.05, 0) is 110 Å². The second kappa shape index (κ2) is 11.5. The number of rotatable bonds is 1. The molecule has 3 nitrogen and oxygen atoms in total. The molecule has 0 unspecified atom stereocenters. The van der Waals surface area contributed by atoms with E-state index in [1.807, 2.05) is 0 Å². The van der Waals surface area contributed by atoms with Crippen LogP contribution in [0, 0.1) is 0 Å². The molecule has 0 spiro atoms. The molecule has 7 aromatic carbocycles. The Bertz CT molecular complexity index is 2960. The Morgan fingerprint density at radius 2 is 1.18 bits per heavy atom. The molecule has 0 radical (unpaired) electrons. The van der Waals surface area contributed by atoms with Gasteiger partial charge in [0.05, 0.1) is 33.8 Å². The number of para-hydroxylation sites is 2. The summed E-state index contributed by atoms with van der Waals surface area (Å²) in [4.78, 5) is 5.25. The van der Waals surface area contributed by atoms with Crippen molar-refractivity contribution in [2.24, 2.45) is 0 Å². The molecule has 6 heterocycles. The highest BCUT2D eigenvalue weighted by Crippen LogP contribution is 2.58. The van der Waals surface area contributed by atoms with Crippen LogP contribution in [0.25, 0.3) is 38.6 Å². The fraction of sp³-hybridized carbons (Fsp3) is 0.208. The number of nitrogens with zero attached hydrogens (tertiary/aromatic N) is 3. The molecule has 57 heavy (non-hydrogen) atoms. The number of fused-ring (bicyclic) bond motifs is 5. The van der Waals surface area contributed by atoms with Crippen LogP contribution < -0.4 is 20.6 Å². The SMILES string of the molecule is CC(C)(C)c1ccc2c(c1)-c1cc(C(C)(C)C)cc3c1N1B2c2ccc4c5ccccc5n(c4c2)-c2ccc(cc2)C(C)(C)c2ccc1c(c2)N3c1ccccc1. The Morgan fingerprint density at radius 3 is 1.93 bits per heavy atom. The number of aromatic nitrogens is 1. The molecule has 4 heteroatoms. The largest absolute Gasteiger partial charge is 0.373 e. The van der Waals surface area contributed by atoms with E-state index in [0.29, 0.717) is 0 Å². The Balaban J connectivity index is 1.33. The van der Waals surface area contributed by atoms with Crippen LogP contribution in [-0.4, -0.2) is 11.4 Å². The van der Waals surface area contributed by atoms with Crippen molar-refractivity contribution in [2.75, 3.05) is 9.71 Å². The van der Waals surface area contributed by atoms with Crippen molar-refractivity contribution in [3.8, 4) is 16.8 Å². The van der Waals surface area contributed by atoms with Crippen molar-refractivity contribution >= 4 is 68.0 Å². The van der Waals surface area contributed by atoms with E-state index >= 15 is 0 Å². The Kier molecular flexibility index (Phi) is 6.94. The van der Waals surface area contributed by atoms with Gasteiger partial charge in [0.15, 0.2) is 0 Å². The molecule has 0 fully saturated rings. The second-order valence-electron chi connectivity index (χ2n) is 19.1. The first-order valence-corrected chi connectivity index (χ1v) is 20.6. The monoisotopic (exact) mass is 737 g/mol. The van der Waals surface area contributed by atoms with Crippen LogP contribution in [-0.2, 0) is 16.2 Å². The van der Waals surface area contributed by atoms with Crippen LogP contribution in [0.3, 0.4) is 0 Å². The predicted molar refractivity (Wildman–Crippen MR) is 244 cm³/mol. The molecule has 0 amide bonds. The van der Waals surface area contributed by atoms with E-state index < -0.39 is 0 Å². The lowest BCUT2D eigenvalue weighted by molar-refractivity contribution is 0.589. The molecule has 8 bridgehead atoms. The maximum absolute atomic E-state index is 2.70. The van der Waals surface area contributed by atoms with Gasteiger partial charge >= 0.3 is 6.85 Å². The average Bonchev–Trinajstić information content (AvgIpc) is 3.53. The summed E-state index contributed by atoms with van der Waals surface area (Å²) in [6, 6.07) is 56.1. The van der Waals surface area contributed by atoms with Crippen LogP contribution in [0.4, 0.5) is 28.4 Å². The lowest BCUT2D eigenvalue weighted by Gasteiger charge is -2.48. The minimum Gasteiger partial charge on any atom is -0.373 e. The summed E-state index contributed by atoms with van der Waals surface area (Å²) in [5.41, 5.74) is 19.9. The third kappa shape index (κ3) is 4.86. The van der Waals surface area contributed by atoms with E-state index in [1.54, 1.807) is 0 Å². The summed E-state index contributed by atoms with van der Waals surface area (Å²) in [5, 5.41) is 2.55. The van der Waals surface area contributed by atoms with Crippen LogP contribution in [0.5, 0.6) is 0 Å². The van der Waals surface area contributed by atoms with Gasteiger partial charge < -0.3 is 14.3 Å². The Morgan fingerprint density at radius 1 is 0.491 bits per heavy atom. The summed E-state index contributed by atoms with van der Waals surface area (Å²) in [5.74, 6) is 0. The average molecular weight is 738 g/mol. The molecule has 1 aromatic heterocycles. The molecular formula is C53H48BN3. The molecule has 13 rings (SSSR count). The molecule has 278 valence electrons. The predicted octanol–water partition coefficient (Wildman–Crippen LogP) is 12.7. The van der Waals surface area contributed by atoms with Gasteiger partial charge in [-0.1, -0.05) is 140 Å².